The van der Waals surface area contributed by atoms with Crippen LogP contribution in [0.1, 0.15) is 35.8 Å². The molecule has 128 valence electrons. The molecular formula is C20H22N4O. The van der Waals surface area contributed by atoms with E-state index >= 15 is 0 Å². The van der Waals surface area contributed by atoms with E-state index in [0.29, 0.717) is 11.8 Å². The molecule has 5 nitrogen and oxygen atoms in total. The molecule has 4 rings (SSSR count). The first kappa shape index (κ1) is 16.0. The van der Waals surface area contributed by atoms with Gasteiger partial charge in [-0.25, -0.2) is 0 Å². The van der Waals surface area contributed by atoms with Gasteiger partial charge in [-0.2, -0.15) is 0 Å². The summed E-state index contributed by atoms with van der Waals surface area (Å²) in [5.74, 6) is 1.60. The molecule has 0 unspecified atom stereocenters. The Kier molecular flexibility index (Phi) is 4.57. The summed E-state index contributed by atoms with van der Waals surface area (Å²) in [6, 6.07) is 12.5. The van der Waals surface area contributed by atoms with Gasteiger partial charge in [0.15, 0.2) is 0 Å². The summed E-state index contributed by atoms with van der Waals surface area (Å²) in [5, 5.41) is 8.51. The fraction of sp³-hybridized carbons (Fsp3) is 0.350. The zero-order valence-corrected chi connectivity index (χ0v) is 14.4. The molecule has 1 aliphatic heterocycles. The molecule has 0 spiro atoms. The molecule has 1 fully saturated rings. The highest BCUT2D eigenvalue weighted by Crippen LogP contribution is 2.29. The summed E-state index contributed by atoms with van der Waals surface area (Å²) >= 11 is 0. The fourth-order valence-corrected chi connectivity index (χ4v) is 3.47. The lowest BCUT2D eigenvalue weighted by Crippen LogP contribution is -2.34. The Hall–Kier alpha value is -2.53. The fourth-order valence-electron chi connectivity index (χ4n) is 3.47. The average molecular weight is 334 g/mol. The number of aryl methyl sites for hydroxylation is 1. The zero-order chi connectivity index (χ0) is 17.1. The molecule has 1 saturated heterocycles. The summed E-state index contributed by atoms with van der Waals surface area (Å²) in [7, 11) is 0. The van der Waals surface area contributed by atoms with Gasteiger partial charge in [-0.1, -0.05) is 29.8 Å². The van der Waals surface area contributed by atoms with Crippen LogP contribution in [0.15, 0.2) is 53.2 Å². The molecule has 0 bridgehead atoms. The monoisotopic (exact) mass is 334 g/mol. The quantitative estimate of drug-likeness (QED) is 0.726. The predicted molar refractivity (Wildman–Crippen MR) is 96.0 cm³/mol. The molecule has 1 aromatic carbocycles. The van der Waals surface area contributed by atoms with E-state index in [-0.39, 0.29) is 0 Å². The Morgan fingerprint density at radius 3 is 3.00 bits per heavy atom. The van der Waals surface area contributed by atoms with Crippen LogP contribution in [0.2, 0.25) is 0 Å². The van der Waals surface area contributed by atoms with Crippen LogP contribution in [-0.4, -0.2) is 33.2 Å². The van der Waals surface area contributed by atoms with Gasteiger partial charge in [0.05, 0.1) is 11.5 Å². The second-order valence-corrected chi connectivity index (χ2v) is 6.75. The number of nitrogens with zero attached hydrogens (tertiary/aromatic N) is 4. The second kappa shape index (κ2) is 7.15. The van der Waals surface area contributed by atoms with E-state index in [0.717, 1.165) is 43.9 Å². The Balaban J connectivity index is 1.45. The Bertz CT molecular complexity index is 830. The molecular weight excluding hydrogens is 312 g/mol. The standard InChI is InChI=1S/C20H22N4O/c1-15-5-2-6-16(11-15)13-24-10-4-8-18(14-24)20-23-22-19(25-20)17-7-3-9-21-12-17/h2-3,5-7,9,11-12,18H,4,8,10,13-14H2,1H3/t18-/m0/s1. The van der Waals surface area contributed by atoms with Gasteiger partial charge in [0.25, 0.3) is 0 Å². The molecule has 1 aliphatic rings. The number of benzene rings is 1. The van der Waals surface area contributed by atoms with Gasteiger partial charge in [0.2, 0.25) is 11.8 Å². The van der Waals surface area contributed by atoms with Gasteiger partial charge < -0.3 is 4.42 Å². The molecule has 25 heavy (non-hydrogen) atoms. The first-order valence-corrected chi connectivity index (χ1v) is 8.79. The van der Waals surface area contributed by atoms with Crippen LogP contribution in [0.4, 0.5) is 0 Å². The number of rotatable bonds is 4. The maximum Gasteiger partial charge on any atom is 0.249 e. The minimum atomic E-state index is 0.302. The van der Waals surface area contributed by atoms with Crippen molar-refractivity contribution in [3.63, 3.8) is 0 Å². The lowest BCUT2D eigenvalue weighted by atomic mass is 9.97. The number of hydrogen-bond donors (Lipinski definition) is 0. The van der Waals surface area contributed by atoms with Crippen molar-refractivity contribution in [1.82, 2.24) is 20.1 Å². The van der Waals surface area contributed by atoms with Crippen molar-refractivity contribution in [2.45, 2.75) is 32.2 Å². The van der Waals surface area contributed by atoms with E-state index in [2.05, 4.69) is 51.3 Å². The van der Waals surface area contributed by atoms with Gasteiger partial charge in [-0.05, 0) is 44.0 Å². The molecule has 5 heteroatoms. The maximum atomic E-state index is 5.94. The predicted octanol–water partition coefficient (Wildman–Crippen LogP) is 3.82. The van der Waals surface area contributed by atoms with Crippen LogP contribution in [0.5, 0.6) is 0 Å². The first-order valence-electron chi connectivity index (χ1n) is 8.79. The van der Waals surface area contributed by atoms with Crippen LogP contribution in [-0.2, 0) is 6.54 Å². The van der Waals surface area contributed by atoms with E-state index in [4.69, 9.17) is 4.42 Å². The van der Waals surface area contributed by atoms with Crippen molar-refractivity contribution < 1.29 is 4.42 Å². The topological polar surface area (TPSA) is 55.1 Å². The second-order valence-electron chi connectivity index (χ2n) is 6.75. The Morgan fingerprint density at radius 2 is 2.16 bits per heavy atom. The van der Waals surface area contributed by atoms with E-state index < -0.39 is 0 Å². The molecule has 0 N–H and O–H groups in total. The molecule has 1 atom stereocenters. The third-order valence-corrected chi connectivity index (χ3v) is 4.69. The van der Waals surface area contributed by atoms with Gasteiger partial charge in [0, 0.05) is 25.5 Å². The molecule has 2 aromatic heterocycles. The van der Waals surface area contributed by atoms with Crippen LogP contribution in [0.25, 0.3) is 11.5 Å². The summed E-state index contributed by atoms with van der Waals surface area (Å²) in [6.07, 6.45) is 5.74. The van der Waals surface area contributed by atoms with Crippen molar-refractivity contribution in [3.05, 3.63) is 65.8 Å². The summed E-state index contributed by atoms with van der Waals surface area (Å²) in [6.45, 7) is 5.19. The number of pyridine rings is 1. The Morgan fingerprint density at radius 1 is 1.20 bits per heavy atom. The Labute approximate surface area is 147 Å². The summed E-state index contributed by atoms with van der Waals surface area (Å²) in [5.41, 5.74) is 3.54. The van der Waals surface area contributed by atoms with Crippen molar-refractivity contribution >= 4 is 0 Å². The normalized spacial score (nSPS) is 18.4. The lowest BCUT2D eigenvalue weighted by molar-refractivity contribution is 0.186. The molecule has 0 saturated carbocycles. The minimum absolute atomic E-state index is 0.302. The molecule has 3 heterocycles. The zero-order valence-electron chi connectivity index (χ0n) is 14.4. The van der Waals surface area contributed by atoms with Crippen LogP contribution < -0.4 is 0 Å². The van der Waals surface area contributed by atoms with Gasteiger partial charge in [-0.15, -0.1) is 10.2 Å². The van der Waals surface area contributed by atoms with Crippen LogP contribution in [0, 0.1) is 6.92 Å². The SMILES string of the molecule is Cc1cccc(CN2CCC[C@H](c3nnc(-c4cccnc4)o3)C2)c1. The summed E-state index contributed by atoms with van der Waals surface area (Å²) < 4.78 is 5.94. The largest absolute Gasteiger partial charge is 0.420 e. The number of piperidine rings is 1. The van der Waals surface area contributed by atoms with Gasteiger partial charge in [-0.3, -0.25) is 9.88 Å². The third-order valence-electron chi connectivity index (χ3n) is 4.69. The lowest BCUT2D eigenvalue weighted by Gasteiger charge is -2.31. The smallest absolute Gasteiger partial charge is 0.249 e. The maximum absolute atomic E-state index is 5.94. The highest BCUT2D eigenvalue weighted by molar-refractivity contribution is 5.50. The first-order chi connectivity index (χ1) is 12.3. The van der Waals surface area contributed by atoms with Crippen molar-refractivity contribution in [3.8, 4) is 11.5 Å². The molecule has 0 radical (unpaired) electrons. The van der Waals surface area contributed by atoms with E-state index in [9.17, 15) is 0 Å². The average Bonchev–Trinajstić information content (AvgIpc) is 3.13. The highest BCUT2D eigenvalue weighted by Gasteiger charge is 2.26. The minimum Gasteiger partial charge on any atom is -0.420 e. The number of hydrogen-bond acceptors (Lipinski definition) is 5. The van der Waals surface area contributed by atoms with Crippen LogP contribution in [0.3, 0.4) is 0 Å². The van der Waals surface area contributed by atoms with Crippen molar-refractivity contribution in [2.75, 3.05) is 13.1 Å². The van der Waals surface area contributed by atoms with Crippen LogP contribution >= 0.6 is 0 Å². The summed E-state index contributed by atoms with van der Waals surface area (Å²) in [4.78, 5) is 6.60. The number of aromatic nitrogens is 3. The van der Waals surface area contributed by atoms with Crippen molar-refractivity contribution in [2.24, 2.45) is 0 Å². The van der Waals surface area contributed by atoms with Gasteiger partial charge >= 0.3 is 0 Å². The highest BCUT2D eigenvalue weighted by atomic mass is 16.4. The molecule has 0 amide bonds. The molecule has 0 aliphatic carbocycles. The number of likely N-dealkylation sites (tertiary alicyclic amines) is 1. The van der Waals surface area contributed by atoms with Gasteiger partial charge in [0.1, 0.15) is 0 Å². The van der Waals surface area contributed by atoms with E-state index in [1.807, 2.05) is 12.1 Å². The van der Waals surface area contributed by atoms with E-state index in [1.54, 1.807) is 12.4 Å². The van der Waals surface area contributed by atoms with Crippen molar-refractivity contribution in [1.29, 1.82) is 0 Å². The molecule has 3 aromatic rings. The van der Waals surface area contributed by atoms with E-state index in [1.165, 1.54) is 11.1 Å². The third kappa shape index (κ3) is 3.77.